The second-order valence-electron chi connectivity index (χ2n) is 5.72. The van der Waals surface area contributed by atoms with Crippen molar-refractivity contribution in [1.82, 2.24) is 4.31 Å². The van der Waals surface area contributed by atoms with Gasteiger partial charge in [0.05, 0.1) is 26.6 Å². The van der Waals surface area contributed by atoms with Crippen LogP contribution in [0.5, 0.6) is 5.75 Å². The lowest BCUT2D eigenvalue weighted by Gasteiger charge is -2.26. The predicted octanol–water partition coefficient (Wildman–Crippen LogP) is 1.96. The molecule has 1 aliphatic rings. The Bertz CT molecular complexity index is 915. The molecule has 0 spiro atoms. The quantitative estimate of drug-likeness (QED) is 0.755. The fourth-order valence-corrected chi connectivity index (χ4v) is 4.20. The number of amides is 1. The first-order chi connectivity index (χ1) is 13.0. The van der Waals surface area contributed by atoms with Crippen LogP contribution < -0.4 is 10.1 Å². The van der Waals surface area contributed by atoms with Crippen molar-refractivity contribution < 1.29 is 27.1 Å². The molecule has 27 heavy (non-hydrogen) atoms. The van der Waals surface area contributed by atoms with Crippen LogP contribution in [0.2, 0.25) is 0 Å². The summed E-state index contributed by atoms with van der Waals surface area (Å²) >= 11 is 0. The predicted molar refractivity (Wildman–Crippen MR) is 98.9 cm³/mol. The summed E-state index contributed by atoms with van der Waals surface area (Å²) < 4.78 is 42.8. The number of nitrogens with zero attached hydrogens (tertiary/aromatic N) is 1. The number of ether oxygens (including phenoxy) is 2. The van der Waals surface area contributed by atoms with E-state index in [1.807, 2.05) is 0 Å². The van der Waals surface area contributed by atoms with Crippen LogP contribution in [0, 0.1) is 0 Å². The van der Waals surface area contributed by atoms with Crippen molar-refractivity contribution in [2.75, 3.05) is 38.7 Å². The maximum atomic E-state index is 12.9. The summed E-state index contributed by atoms with van der Waals surface area (Å²) in [6.07, 6.45) is 4.33. The van der Waals surface area contributed by atoms with Gasteiger partial charge in [-0.25, -0.2) is 8.42 Å². The molecule has 1 aromatic heterocycles. The van der Waals surface area contributed by atoms with Crippen LogP contribution in [0.1, 0.15) is 5.76 Å². The number of furan rings is 1. The molecule has 1 fully saturated rings. The van der Waals surface area contributed by atoms with Crippen LogP contribution in [0.15, 0.2) is 52.0 Å². The first-order valence-corrected chi connectivity index (χ1v) is 9.73. The minimum absolute atomic E-state index is 0.000265. The molecule has 0 atom stereocenters. The highest BCUT2D eigenvalue weighted by Crippen LogP contribution is 2.30. The zero-order chi connectivity index (χ0) is 19.3. The fraction of sp³-hybridized carbons (Fsp3) is 0.278. The molecule has 0 bridgehead atoms. The molecule has 1 N–H and O–H groups in total. The molecule has 1 amide bonds. The third-order valence-corrected chi connectivity index (χ3v) is 5.88. The zero-order valence-corrected chi connectivity index (χ0v) is 15.6. The van der Waals surface area contributed by atoms with Gasteiger partial charge in [-0.3, -0.25) is 4.79 Å². The van der Waals surface area contributed by atoms with Crippen LogP contribution in [0.4, 0.5) is 5.69 Å². The number of methoxy groups -OCH3 is 1. The second-order valence-corrected chi connectivity index (χ2v) is 7.63. The van der Waals surface area contributed by atoms with Crippen molar-refractivity contribution >= 4 is 27.7 Å². The Morgan fingerprint density at radius 1 is 1.26 bits per heavy atom. The maximum absolute atomic E-state index is 12.9. The molecule has 1 aromatic carbocycles. The van der Waals surface area contributed by atoms with E-state index in [-0.39, 0.29) is 23.7 Å². The third kappa shape index (κ3) is 4.57. The van der Waals surface area contributed by atoms with Gasteiger partial charge in [-0.05, 0) is 36.4 Å². The number of sulfonamides is 1. The Balaban J connectivity index is 1.81. The molecule has 2 heterocycles. The number of rotatable bonds is 6. The highest BCUT2D eigenvalue weighted by atomic mass is 32.2. The van der Waals surface area contributed by atoms with Crippen molar-refractivity contribution in [3.63, 3.8) is 0 Å². The van der Waals surface area contributed by atoms with Gasteiger partial charge >= 0.3 is 0 Å². The molecular formula is C18H20N2O6S. The molecule has 9 heteroatoms. The minimum Gasteiger partial charge on any atom is -0.495 e. The number of carbonyl (C=O) groups is 1. The summed E-state index contributed by atoms with van der Waals surface area (Å²) in [7, 11) is -2.37. The summed E-state index contributed by atoms with van der Waals surface area (Å²) in [4.78, 5) is 12.1. The lowest BCUT2D eigenvalue weighted by atomic mass is 10.3. The van der Waals surface area contributed by atoms with Gasteiger partial charge in [-0.2, -0.15) is 4.31 Å². The van der Waals surface area contributed by atoms with Crippen LogP contribution >= 0.6 is 0 Å². The van der Waals surface area contributed by atoms with E-state index in [4.69, 9.17) is 13.9 Å². The minimum atomic E-state index is -3.77. The van der Waals surface area contributed by atoms with E-state index in [1.165, 1.54) is 42.0 Å². The van der Waals surface area contributed by atoms with E-state index in [0.29, 0.717) is 24.7 Å². The lowest BCUT2D eigenvalue weighted by molar-refractivity contribution is -0.111. The molecule has 1 aliphatic heterocycles. The van der Waals surface area contributed by atoms with Crippen molar-refractivity contribution in [2.45, 2.75) is 4.90 Å². The highest BCUT2D eigenvalue weighted by molar-refractivity contribution is 7.89. The monoisotopic (exact) mass is 392 g/mol. The molecule has 0 radical (unpaired) electrons. The Morgan fingerprint density at radius 3 is 2.70 bits per heavy atom. The van der Waals surface area contributed by atoms with Crippen LogP contribution in [-0.2, 0) is 19.6 Å². The van der Waals surface area contributed by atoms with Crippen LogP contribution in [-0.4, -0.2) is 52.0 Å². The first kappa shape index (κ1) is 19.2. The van der Waals surface area contributed by atoms with E-state index in [1.54, 1.807) is 18.2 Å². The van der Waals surface area contributed by atoms with Gasteiger partial charge in [-0.15, -0.1) is 0 Å². The van der Waals surface area contributed by atoms with Gasteiger partial charge in [0, 0.05) is 24.9 Å². The number of morpholine rings is 1. The Labute approximate surface area is 157 Å². The fourth-order valence-electron chi connectivity index (χ4n) is 2.61. The van der Waals surface area contributed by atoms with E-state index >= 15 is 0 Å². The standard InChI is InChI=1S/C18H20N2O6S/c1-24-16-6-4-14(19-18(21)7-5-15-3-2-10-26-15)13-17(16)27(22,23)20-8-11-25-12-9-20/h2-7,10,13H,8-9,11-12H2,1H3,(H,19,21). The van der Waals surface area contributed by atoms with Gasteiger partial charge in [-0.1, -0.05) is 0 Å². The Hall–Kier alpha value is -2.62. The third-order valence-electron chi connectivity index (χ3n) is 3.96. The first-order valence-electron chi connectivity index (χ1n) is 8.29. The van der Waals surface area contributed by atoms with E-state index in [2.05, 4.69) is 5.32 Å². The lowest BCUT2D eigenvalue weighted by Crippen LogP contribution is -2.40. The van der Waals surface area contributed by atoms with Crippen molar-refractivity contribution in [1.29, 1.82) is 0 Å². The van der Waals surface area contributed by atoms with E-state index < -0.39 is 15.9 Å². The molecule has 8 nitrogen and oxygen atoms in total. The molecule has 0 aliphatic carbocycles. The average Bonchev–Trinajstić information content (AvgIpc) is 3.21. The van der Waals surface area contributed by atoms with E-state index in [0.717, 1.165) is 0 Å². The van der Waals surface area contributed by atoms with Gasteiger partial charge in [0.25, 0.3) is 0 Å². The average molecular weight is 392 g/mol. The van der Waals surface area contributed by atoms with E-state index in [9.17, 15) is 13.2 Å². The van der Waals surface area contributed by atoms with Gasteiger partial charge in [0.15, 0.2) is 0 Å². The van der Waals surface area contributed by atoms with Gasteiger partial charge in [0.1, 0.15) is 16.4 Å². The number of benzene rings is 1. The second kappa shape index (κ2) is 8.38. The topological polar surface area (TPSA) is 98.1 Å². The molecule has 144 valence electrons. The number of carbonyl (C=O) groups excluding carboxylic acids is 1. The molecule has 0 saturated carbocycles. The number of hydrogen-bond donors (Lipinski definition) is 1. The smallest absolute Gasteiger partial charge is 0.248 e. The molecular weight excluding hydrogens is 372 g/mol. The summed E-state index contributed by atoms with van der Waals surface area (Å²) in [6.45, 7) is 1.23. The molecule has 1 saturated heterocycles. The molecule has 2 aromatic rings. The normalized spacial score (nSPS) is 15.7. The summed E-state index contributed by atoms with van der Waals surface area (Å²) in [5.74, 6) is 0.340. The zero-order valence-electron chi connectivity index (χ0n) is 14.8. The Morgan fingerprint density at radius 2 is 2.04 bits per heavy atom. The largest absolute Gasteiger partial charge is 0.495 e. The SMILES string of the molecule is COc1ccc(NC(=O)C=Cc2ccco2)cc1S(=O)(=O)N1CCOCC1. The van der Waals surface area contributed by atoms with Crippen molar-refractivity contribution in [3.05, 3.63) is 48.4 Å². The van der Waals surface area contributed by atoms with Crippen molar-refractivity contribution in [3.8, 4) is 5.75 Å². The van der Waals surface area contributed by atoms with Gasteiger partial charge < -0.3 is 19.2 Å². The van der Waals surface area contributed by atoms with Gasteiger partial charge in [0.2, 0.25) is 15.9 Å². The summed E-state index contributed by atoms with van der Waals surface area (Å²) in [5, 5.41) is 2.64. The van der Waals surface area contributed by atoms with Crippen LogP contribution in [0.3, 0.4) is 0 Å². The van der Waals surface area contributed by atoms with Crippen LogP contribution in [0.25, 0.3) is 6.08 Å². The Kier molecular flexibility index (Phi) is 5.94. The maximum Gasteiger partial charge on any atom is 0.248 e. The molecule has 0 unspecified atom stereocenters. The number of nitrogens with one attached hydrogen (secondary N) is 1. The number of hydrogen-bond acceptors (Lipinski definition) is 6. The number of anilines is 1. The highest BCUT2D eigenvalue weighted by Gasteiger charge is 2.29. The summed E-state index contributed by atoms with van der Waals surface area (Å²) in [5.41, 5.74) is 0.344. The molecule has 3 rings (SSSR count). The summed E-state index contributed by atoms with van der Waals surface area (Å²) in [6, 6.07) is 7.91. The van der Waals surface area contributed by atoms with Crippen molar-refractivity contribution in [2.24, 2.45) is 0 Å².